The Bertz CT molecular complexity index is 681. The molecule has 2 aliphatic rings. The van der Waals surface area contributed by atoms with Crippen LogP contribution in [0.25, 0.3) is 11.1 Å². The van der Waals surface area contributed by atoms with E-state index in [1.165, 1.54) is 36.0 Å². The third kappa shape index (κ3) is 3.19. The van der Waals surface area contributed by atoms with E-state index >= 15 is 0 Å². The summed E-state index contributed by atoms with van der Waals surface area (Å²) < 4.78 is 5.96. The van der Waals surface area contributed by atoms with Crippen LogP contribution in [0.15, 0.2) is 60.7 Å². The van der Waals surface area contributed by atoms with Crippen LogP contribution in [0.5, 0.6) is 5.75 Å². The van der Waals surface area contributed by atoms with Crippen LogP contribution >= 0.6 is 0 Å². The van der Waals surface area contributed by atoms with E-state index in [-0.39, 0.29) is 0 Å². The Labute approximate surface area is 139 Å². The standard InChI is InChI=1S/C22H24O/c1-16-2-5-18(6-3-16)19-8-10-22(11-9-19)23-13-12-21-15-17-4-7-20(21)14-17/h2-11,17,20-21H,12-15H2,1H3. The minimum Gasteiger partial charge on any atom is -0.494 e. The van der Waals surface area contributed by atoms with Crippen molar-refractivity contribution < 1.29 is 4.74 Å². The minimum atomic E-state index is 0.826. The van der Waals surface area contributed by atoms with Gasteiger partial charge in [0.25, 0.3) is 0 Å². The second-order valence-corrected chi connectivity index (χ2v) is 7.07. The van der Waals surface area contributed by atoms with Gasteiger partial charge in [0.1, 0.15) is 5.75 Å². The molecule has 1 fully saturated rings. The normalized spacial score (nSPS) is 25.0. The highest BCUT2D eigenvalue weighted by Crippen LogP contribution is 2.44. The van der Waals surface area contributed by atoms with Crippen molar-refractivity contribution in [2.75, 3.05) is 6.61 Å². The highest BCUT2D eigenvalue weighted by molar-refractivity contribution is 5.64. The molecule has 1 heteroatoms. The lowest BCUT2D eigenvalue weighted by Gasteiger charge is -2.18. The second-order valence-electron chi connectivity index (χ2n) is 7.07. The summed E-state index contributed by atoms with van der Waals surface area (Å²) in [5.74, 6) is 3.52. The molecule has 0 heterocycles. The van der Waals surface area contributed by atoms with Crippen molar-refractivity contribution in [1.82, 2.24) is 0 Å². The van der Waals surface area contributed by atoms with Gasteiger partial charge in [-0.1, -0.05) is 54.1 Å². The number of fused-ring (bicyclic) bond motifs is 2. The number of allylic oxidation sites excluding steroid dienone is 2. The van der Waals surface area contributed by atoms with Crippen LogP contribution in [0, 0.1) is 24.7 Å². The summed E-state index contributed by atoms with van der Waals surface area (Å²) in [6, 6.07) is 17.2. The van der Waals surface area contributed by atoms with E-state index in [1.807, 2.05) is 0 Å². The molecule has 2 aromatic rings. The number of rotatable bonds is 5. The number of benzene rings is 2. The number of hydrogen-bond acceptors (Lipinski definition) is 1. The van der Waals surface area contributed by atoms with Gasteiger partial charge in [0.15, 0.2) is 0 Å². The largest absolute Gasteiger partial charge is 0.494 e. The first-order valence-electron chi connectivity index (χ1n) is 8.76. The molecular formula is C22H24O. The number of aryl methyl sites for hydroxylation is 1. The Kier molecular flexibility index (Phi) is 3.95. The van der Waals surface area contributed by atoms with E-state index in [4.69, 9.17) is 4.74 Å². The van der Waals surface area contributed by atoms with Crippen molar-refractivity contribution in [2.45, 2.75) is 26.2 Å². The number of ether oxygens (including phenoxy) is 1. The van der Waals surface area contributed by atoms with Gasteiger partial charge < -0.3 is 4.74 Å². The molecule has 2 bridgehead atoms. The van der Waals surface area contributed by atoms with Gasteiger partial charge >= 0.3 is 0 Å². The topological polar surface area (TPSA) is 9.23 Å². The molecule has 0 N–H and O–H groups in total. The second kappa shape index (κ2) is 6.23. The fraction of sp³-hybridized carbons (Fsp3) is 0.364. The molecule has 3 unspecified atom stereocenters. The van der Waals surface area contributed by atoms with E-state index in [0.717, 1.165) is 30.1 Å². The van der Waals surface area contributed by atoms with Crippen LogP contribution in [0.2, 0.25) is 0 Å². The zero-order chi connectivity index (χ0) is 15.6. The Hall–Kier alpha value is -2.02. The van der Waals surface area contributed by atoms with Crippen molar-refractivity contribution in [2.24, 2.45) is 17.8 Å². The van der Waals surface area contributed by atoms with Gasteiger partial charge in [-0.05, 0) is 67.2 Å². The summed E-state index contributed by atoms with van der Waals surface area (Å²) in [5.41, 5.74) is 3.80. The quantitative estimate of drug-likeness (QED) is 0.649. The number of hydrogen-bond donors (Lipinski definition) is 0. The van der Waals surface area contributed by atoms with Crippen molar-refractivity contribution in [3.63, 3.8) is 0 Å². The Morgan fingerprint density at radius 1 is 0.870 bits per heavy atom. The van der Waals surface area contributed by atoms with Gasteiger partial charge in [0.05, 0.1) is 6.61 Å². The fourth-order valence-corrected chi connectivity index (χ4v) is 4.04. The molecular weight excluding hydrogens is 280 g/mol. The Morgan fingerprint density at radius 2 is 1.57 bits per heavy atom. The lowest BCUT2D eigenvalue weighted by Crippen LogP contribution is -2.11. The molecule has 0 amide bonds. The summed E-state index contributed by atoms with van der Waals surface area (Å²) in [6.07, 6.45) is 8.78. The lowest BCUT2D eigenvalue weighted by molar-refractivity contribution is 0.263. The van der Waals surface area contributed by atoms with E-state index in [1.54, 1.807) is 0 Å². The highest BCUT2D eigenvalue weighted by Gasteiger charge is 2.35. The molecule has 23 heavy (non-hydrogen) atoms. The summed E-state index contributed by atoms with van der Waals surface area (Å²) >= 11 is 0. The molecule has 0 radical (unpaired) electrons. The maximum absolute atomic E-state index is 5.96. The first-order chi connectivity index (χ1) is 11.3. The molecule has 1 nitrogen and oxygen atoms in total. The first kappa shape index (κ1) is 14.6. The van der Waals surface area contributed by atoms with Crippen LogP contribution in [0.1, 0.15) is 24.8 Å². The Balaban J connectivity index is 1.32. The average molecular weight is 304 g/mol. The maximum Gasteiger partial charge on any atom is 0.119 e. The van der Waals surface area contributed by atoms with Crippen LogP contribution in [-0.4, -0.2) is 6.61 Å². The van der Waals surface area contributed by atoms with Gasteiger partial charge in [-0.2, -0.15) is 0 Å². The monoisotopic (exact) mass is 304 g/mol. The smallest absolute Gasteiger partial charge is 0.119 e. The molecule has 0 aromatic heterocycles. The third-order valence-electron chi connectivity index (χ3n) is 5.41. The molecule has 0 spiro atoms. The van der Waals surface area contributed by atoms with Crippen LogP contribution < -0.4 is 4.74 Å². The zero-order valence-corrected chi connectivity index (χ0v) is 13.7. The SMILES string of the molecule is Cc1ccc(-c2ccc(OCCC3CC4C=CC3C4)cc2)cc1. The van der Waals surface area contributed by atoms with E-state index in [2.05, 4.69) is 67.6 Å². The summed E-state index contributed by atoms with van der Waals surface area (Å²) in [6.45, 7) is 2.96. The van der Waals surface area contributed by atoms with E-state index in [0.29, 0.717) is 0 Å². The molecule has 118 valence electrons. The first-order valence-corrected chi connectivity index (χ1v) is 8.76. The molecule has 0 saturated heterocycles. The van der Waals surface area contributed by atoms with Gasteiger partial charge in [-0.25, -0.2) is 0 Å². The Morgan fingerprint density at radius 3 is 2.17 bits per heavy atom. The summed E-state index contributed by atoms with van der Waals surface area (Å²) in [7, 11) is 0. The van der Waals surface area contributed by atoms with Crippen molar-refractivity contribution >= 4 is 0 Å². The van der Waals surface area contributed by atoms with Crippen molar-refractivity contribution in [1.29, 1.82) is 0 Å². The predicted octanol–water partition coefficient (Wildman–Crippen LogP) is 5.64. The van der Waals surface area contributed by atoms with Gasteiger partial charge in [-0.3, -0.25) is 0 Å². The molecule has 2 aliphatic carbocycles. The van der Waals surface area contributed by atoms with Gasteiger partial charge in [0.2, 0.25) is 0 Å². The predicted molar refractivity (Wildman–Crippen MR) is 95.6 cm³/mol. The van der Waals surface area contributed by atoms with E-state index < -0.39 is 0 Å². The molecule has 2 aromatic carbocycles. The minimum absolute atomic E-state index is 0.826. The van der Waals surface area contributed by atoms with E-state index in [9.17, 15) is 0 Å². The summed E-state index contributed by atoms with van der Waals surface area (Å²) in [4.78, 5) is 0. The molecule has 1 saturated carbocycles. The average Bonchev–Trinajstić information content (AvgIpc) is 3.19. The highest BCUT2D eigenvalue weighted by atomic mass is 16.5. The molecule has 0 aliphatic heterocycles. The van der Waals surface area contributed by atoms with Crippen molar-refractivity contribution in [3.05, 3.63) is 66.2 Å². The van der Waals surface area contributed by atoms with Crippen LogP contribution in [0.4, 0.5) is 0 Å². The molecule has 4 rings (SSSR count). The van der Waals surface area contributed by atoms with Crippen LogP contribution in [-0.2, 0) is 0 Å². The zero-order valence-electron chi connectivity index (χ0n) is 13.7. The maximum atomic E-state index is 5.96. The fourth-order valence-electron chi connectivity index (χ4n) is 4.04. The van der Waals surface area contributed by atoms with Crippen LogP contribution in [0.3, 0.4) is 0 Å². The van der Waals surface area contributed by atoms with Gasteiger partial charge in [0, 0.05) is 0 Å². The summed E-state index contributed by atoms with van der Waals surface area (Å²) in [5, 5.41) is 0. The molecule has 3 atom stereocenters. The van der Waals surface area contributed by atoms with Crippen molar-refractivity contribution in [3.8, 4) is 16.9 Å². The van der Waals surface area contributed by atoms with Gasteiger partial charge in [-0.15, -0.1) is 0 Å². The third-order valence-corrected chi connectivity index (χ3v) is 5.41. The lowest BCUT2D eigenvalue weighted by atomic mass is 9.91.